The Balaban J connectivity index is 1.33. The number of hydrogen-bond donors (Lipinski definition) is 0. The van der Waals surface area contributed by atoms with E-state index in [-0.39, 0.29) is 37.3 Å². The van der Waals surface area contributed by atoms with E-state index in [0.29, 0.717) is 28.6 Å². The van der Waals surface area contributed by atoms with Crippen LogP contribution in [0.1, 0.15) is 47.5 Å². The highest BCUT2D eigenvalue weighted by Gasteiger charge is 2.64. The van der Waals surface area contributed by atoms with Gasteiger partial charge in [-0.2, -0.15) is 0 Å². The lowest BCUT2D eigenvalue weighted by atomic mass is 9.96. The lowest BCUT2D eigenvalue weighted by Gasteiger charge is -2.48. The number of esters is 1. The summed E-state index contributed by atoms with van der Waals surface area (Å²) in [5, 5.41) is 0. The normalized spacial score (nSPS) is 21.4. The minimum Gasteiger partial charge on any atom is -0.456 e. The molecule has 1 unspecified atom stereocenters. The zero-order chi connectivity index (χ0) is 23.4. The molecule has 1 saturated heterocycles. The summed E-state index contributed by atoms with van der Waals surface area (Å²) in [6, 6.07) is 16.4. The minimum atomic E-state index is -1.47. The van der Waals surface area contributed by atoms with Gasteiger partial charge in [0.2, 0.25) is 17.5 Å². The summed E-state index contributed by atoms with van der Waals surface area (Å²) in [5.41, 5.74) is 0.758. The molecule has 34 heavy (non-hydrogen) atoms. The largest absolute Gasteiger partial charge is 0.456 e. The molecule has 1 atom stereocenters. The summed E-state index contributed by atoms with van der Waals surface area (Å²) < 4.78 is 11.6. The number of para-hydroxylation sites is 1. The number of carbonyl (C=O) groups excluding carboxylic acids is 3. The average molecular weight is 457 g/mol. The van der Waals surface area contributed by atoms with Crippen molar-refractivity contribution in [2.75, 3.05) is 4.90 Å². The fourth-order valence-corrected chi connectivity index (χ4v) is 5.03. The summed E-state index contributed by atoms with van der Waals surface area (Å²) in [5.74, 6) is -0.0396. The second-order valence-electron chi connectivity index (χ2n) is 8.93. The van der Waals surface area contributed by atoms with Crippen LogP contribution >= 0.6 is 0 Å². The molecule has 0 spiro atoms. The van der Waals surface area contributed by atoms with Crippen molar-refractivity contribution >= 4 is 23.5 Å². The Hall–Kier alpha value is -3.94. The fourth-order valence-electron chi connectivity index (χ4n) is 5.03. The van der Waals surface area contributed by atoms with Crippen LogP contribution in [0.4, 0.5) is 5.69 Å². The number of carbonyl (C=O) groups is 3. The average Bonchev–Trinajstić information content (AvgIpc) is 3.53. The lowest BCUT2D eigenvalue weighted by Crippen LogP contribution is -2.69. The predicted molar refractivity (Wildman–Crippen MR) is 122 cm³/mol. The van der Waals surface area contributed by atoms with Crippen molar-refractivity contribution in [1.29, 1.82) is 0 Å². The zero-order valence-electron chi connectivity index (χ0n) is 18.7. The van der Waals surface area contributed by atoms with Gasteiger partial charge in [-0.05, 0) is 44.0 Å². The van der Waals surface area contributed by atoms with E-state index in [0.717, 1.165) is 18.4 Å². The van der Waals surface area contributed by atoms with Crippen molar-refractivity contribution < 1.29 is 23.5 Å². The first-order chi connectivity index (χ1) is 16.5. The van der Waals surface area contributed by atoms with Crippen LogP contribution in [0.5, 0.6) is 0 Å². The van der Waals surface area contributed by atoms with Crippen LogP contribution in [0.2, 0.25) is 0 Å². The Kier molecular flexibility index (Phi) is 4.58. The van der Waals surface area contributed by atoms with E-state index in [1.54, 1.807) is 36.1 Å². The first kappa shape index (κ1) is 20.7. The topological polar surface area (TPSA) is 93.0 Å². The number of fused-ring (bicyclic) bond motifs is 3. The number of ether oxygens (including phenoxy) is 1. The molecule has 3 aliphatic rings. The lowest BCUT2D eigenvalue weighted by molar-refractivity contribution is -0.159. The molecule has 172 valence electrons. The van der Waals surface area contributed by atoms with Gasteiger partial charge in [0.05, 0.1) is 11.3 Å². The van der Waals surface area contributed by atoms with E-state index < -0.39 is 11.6 Å². The number of hydrogen-bond acceptors (Lipinski definition) is 6. The van der Waals surface area contributed by atoms with Gasteiger partial charge in [-0.3, -0.25) is 14.5 Å². The number of nitrogens with zero attached hydrogens (tertiary/aromatic N) is 3. The highest BCUT2D eigenvalue weighted by atomic mass is 16.5. The van der Waals surface area contributed by atoms with Crippen molar-refractivity contribution in [2.45, 2.75) is 50.9 Å². The number of benzene rings is 2. The van der Waals surface area contributed by atoms with Gasteiger partial charge >= 0.3 is 5.97 Å². The predicted octanol–water partition coefficient (Wildman–Crippen LogP) is 3.83. The Morgan fingerprint density at radius 2 is 1.85 bits per heavy atom. The van der Waals surface area contributed by atoms with Crippen molar-refractivity contribution in [1.82, 2.24) is 9.88 Å². The first-order valence-electron chi connectivity index (χ1n) is 11.5. The van der Waals surface area contributed by atoms with Gasteiger partial charge in [-0.25, -0.2) is 9.78 Å². The number of rotatable bonds is 5. The van der Waals surface area contributed by atoms with E-state index in [1.165, 1.54) is 4.90 Å². The second kappa shape index (κ2) is 7.55. The molecule has 6 rings (SSSR count). The van der Waals surface area contributed by atoms with Crippen LogP contribution in [0, 0.1) is 6.92 Å². The maximum Gasteiger partial charge on any atom is 0.354 e. The van der Waals surface area contributed by atoms with Gasteiger partial charge in [-0.1, -0.05) is 30.3 Å². The molecule has 2 fully saturated rings. The van der Waals surface area contributed by atoms with Gasteiger partial charge in [0.15, 0.2) is 0 Å². The molecule has 1 aliphatic carbocycles. The zero-order valence-corrected chi connectivity index (χ0v) is 18.7. The molecule has 3 aromatic rings. The SMILES string of the molecule is Cc1oc(-c2ccccc2)nc1COC(=O)C12CCC(=O)N1c1ccccc1C(=O)N2C1CC1. The summed E-state index contributed by atoms with van der Waals surface area (Å²) in [7, 11) is 0. The number of anilines is 1. The van der Waals surface area contributed by atoms with Crippen LogP contribution in [-0.4, -0.2) is 39.4 Å². The number of aromatic nitrogens is 1. The Labute approximate surface area is 196 Å². The second-order valence-corrected chi connectivity index (χ2v) is 8.93. The van der Waals surface area contributed by atoms with Crippen molar-refractivity contribution in [3.63, 3.8) is 0 Å². The molecule has 2 aromatic carbocycles. The van der Waals surface area contributed by atoms with Crippen molar-refractivity contribution in [3.05, 3.63) is 71.6 Å². The molecule has 0 radical (unpaired) electrons. The summed E-state index contributed by atoms with van der Waals surface area (Å²) in [6.07, 6.45) is 1.97. The summed E-state index contributed by atoms with van der Waals surface area (Å²) in [6.45, 7) is 1.66. The molecule has 8 heteroatoms. The molecular formula is C26H23N3O5. The number of oxazole rings is 1. The van der Waals surface area contributed by atoms with Gasteiger partial charge < -0.3 is 14.1 Å². The van der Waals surface area contributed by atoms with Gasteiger partial charge in [-0.15, -0.1) is 0 Å². The highest BCUT2D eigenvalue weighted by Crippen LogP contribution is 2.49. The third-order valence-electron chi connectivity index (χ3n) is 6.79. The molecule has 3 heterocycles. The Morgan fingerprint density at radius 1 is 1.12 bits per heavy atom. The van der Waals surface area contributed by atoms with E-state index in [4.69, 9.17) is 9.15 Å². The molecule has 1 saturated carbocycles. The van der Waals surface area contributed by atoms with Crippen LogP contribution in [-0.2, 0) is 20.9 Å². The van der Waals surface area contributed by atoms with E-state index >= 15 is 0 Å². The van der Waals surface area contributed by atoms with E-state index in [2.05, 4.69) is 4.98 Å². The van der Waals surface area contributed by atoms with Crippen LogP contribution < -0.4 is 4.90 Å². The molecule has 0 bridgehead atoms. The fraction of sp³-hybridized carbons (Fsp3) is 0.308. The Morgan fingerprint density at radius 3 is 2.62 bits per heavy atom. The standard InChI is InChI=1S/C26H23N3O5/c1-16-20(27-23(34-16)17-7-3-2-4-8-17)15-33-25(32)26-14-13-22(30)29(26)21-10-6-5-9-19(21)24(31)28(26)18-11-12-18/h2-10,18H,11-15H2,1H3. The van der Waals surface area contributed by atoms with Gasteiger partial charge in [0.25, 0.3) is 5.91 Å². The van der Waals surface area contributed by atoms with Gasteiger partial charge in [0.1, 0.15) is 18.1 Å². The third-order valence-corrected chi connectivity index (χ3v) is 6.79. The highest BCUT2D eigenvalue weighted by molar-refractivity contribution is 6.15. The summed E-state index contributed by atoms with van der Waals surface area (Å²) in [4.78, 5) is 47.8. The molecule has 8 nitrogen and oxygen atoms in total. The molecule has 1 aromatic heterocycles. The first-order valence-corrected chi connectivity index (χ1v) is 11.5. The molecular weight excluding hydrogens is 434 g/mol. The summed E-state index contributed by atoms with van der Waals surface area (Å²) >= 11 is 0. The quantitative estimate of drug-likeness (QED) is 0.541. The van der Waals surface area contributed by atoms with Crippen LogP contribution in [0.3, 0.4) is 0 Å². The minimum absolute atomic E-state index is 0.0831. The molecule has 2 amide bonds. The van der Waals surface area contributed by atoms with E-state index in [1.807, 2.05) is 30.3 Å². The molecule has 2 aliphatic heterocycles. The molecule has 0 N–H and O–H groups in total. The van der Waals surface area contributed by atoms with E-state index in [9.17, 15) is 14.4 Å². The smallest absolute Gasteiger partial charge is 0.354 e. The van der Waals surface area contributed by atoms with Crippen molar-refractivity contribution in [3.8, 4) is 11.5 Å². The third kappa shape index (κ3) is 2.98. The van der Waals surface area contributed by atoms with Crippen LogP contribution in [0.25, 0.3) is 11.5 Å². The number of aryl methyl sites for hydroxylation is 1. The van der Waals surface area contributed by atoms with Crippen molar-refractivity contribution in [2.24, 2.45) is 0 Å². The van der Waals surface area contributed by atoms with Gasteiger partial charge in [0, 0.05) is 24.4 Å². The maximum atomic E-state index is 13.7. The Bertz CT molecular complexity index is 1310. The monoisotopic (exact) mass is 457 g/mol. The maximum absolute atomic E-state index is 13.7. The number of amides is 2. The van der Waals surface area contributed by atoms with Crippen LogP contribution in [0.15, 0.2) is 59.0 Å².